The summed E-state index contributed by atoms with van der Waals surface area (Å²) in [6.07, 6.45) is 11.3. The molecule has 3 amide bonds. The first kappa shape index (κ1) is 29.3. The molecule has 2 aliphatic heterocycles. The van der Waals surface area contributed by atoms with Crippen molar-refractivity contribution in [3.8, 4) is 0 Å². The van der Waals surface area contributed by atoms with E-state index in [0.717, 1.165) is 50.9 Å². The maximum atomic E-state index is 12.1. The van der Waals surface area contributed by atoms with Crippen LogP contribution in [-0.4, -0.2) is 71.1 Å². The second-order valence-corrected chi connectivity index (χ2v) is 10.3. The number of amides is 3. The third-order valence-electron chi connectivity index (χ3n) is 7.62. The lowest BCUT2D eigenvalue weighted by Crippen LogP contribution is -2.38. The van der Waals surface area contributed by atoms with Crippen molar-refractivity contribution in [1.82, 2.24) is 20.3 Å². The molecule has 1 atom stereocenters. The van der Waals surface area contributed by atoms with Crippen molar-refractivity contribution in [2.75, 3.05) is 19.6 Å². The Morgan fingerprint density at radius 3 is 2.47 bits per heavy atom. The third kappa shape index (κ3) is 8.11. The Bertz CT molecular complexity index is 948. The van der Waals surface area contributed by atoms with Crippen LogP contribution >= 0.6 is 0 Å². The molecule has 0 bridgehead atoms. The van der Waals surface area contributed by atoms with Crippen LogP contribution in [0, 0.1) is 11.8 Å². The number of carbonyl (C=O) groups is 4. The number of hydroxylamine groups is 2. The molecule has 3 aliphatic rings. The topological polar surface area (TPSA) is 112 Å². The van der Waals surface area contributed by atoms with Crippen LogP contribution in [0.25, 0.3) is 0 Å². The zero-order valence-electron chi connectivity index (χ0n) is 22.7. The first-order chi connectivity index (χ1) is 18.2. The van der Waals surface area contributed by atoms with Crippen LogP contribution in [0.15, 0.2) is 41.3 Å². The molecule has 0 aromatic carbocycles. The van der Waals surface area contributed by atoms with Gasteiger partial charge in [0.05, 0.1) is 0 Å². The maximum Gasteiger partial charge on any atom is 0.333 e. The number of hydrazone groups is 1. The van der Waals surface area contributed by atoms with E-state index in [1.54, 1.807) is 22.1 Å². The normalized spacial score (nSPS) is 22.8. The number of imide groups is 1. The molecule has 38 heavy (non-hydrogen) atoms. The van der Waals surface area contributed by atoms with Crippen LogP contribution in [0.3, 0.4) is 0 Å². The molecule has 1 N–H and O–H groups in total. The van der Waals surface area contributed by atoms with Gasteiger partial charge in [-0.2, -0.15) is 5.10 Å². The van der Waals surface area contributed by atoms with E-state index in [4.69, 9.17) is 4.84 Å². The third-order valence-corrected chi connectivity index (χ3v) is 7.62. The van der Waals surface area contributed by atoms with Gasteiger partial charge in [0.25, 0.3) is 17.7 Å². The van der Waals surface area contributed by atoms with Crippen LogP contribution in [0.4, 0.5) is 0 Å². The summed E-state index contributed by atoms with van der Waals surface area (Å²) in [5.41, 5.74) is 2.00. The minimum atomic E-state index is -0.615. The summed E-state index contributed by atoms with van der Waals surface area (Å²) in [6, 6.07) is 0.422. The Morgan fingerprint density at radius 1 is 1.21 bits per heavy atom. The van der Waals surface area contributed by atoms with Gasteiger partial charge in [0, 0.05) is 69.6 Å². The van der Waals surface area contributed by atoms with Gasteiger partial charge in [-0.3, -0.25) is 19.4 Å². The van der Waals surface area contributed by atoms with Crippen molar-refractivity contribution in [2.45, 2.75) is 77.7 Å². The fraction of sp³-hybridized carbons (Fsp3) is 0.607. The lowest BCUT2D eigenvalue weighted by atomic mass is 9.85. The highest BCUT2D eigenvalue weighted by Gasteiger charge is 2.32. The summed E-state index contributed by atoms with van der Waals surface area (Å²) in [4.78, 5) is 54.0. The lowest BCUT2D eigenvalue weighted by Gasteiger charge is -2.32. The predicted molar refractivity (Wildman–Crippen MR) is 144 cm³/mol. The zero-order valence-corrected chi connectivity index (χ0v) is 22.7. The van der Waals surface area contributed by atoms with Gasteiger partial charge >= 0.3 is 5.97 Å². The number of hydrogen-bond donors (Lipinski definition) is 1. The molecule has 0 aromatic rings. The monoisotopic (exact) mass is 527 g/mol. The minimum absolute atomic E-state index is 0.0349. The average Bonchev–Trinajstić information content (AvgIpc) is 3.40. The molecule has 10 nitrogen and oxygen atoms in total. The van der Waals surface area contributed by atoms with Crippen LogP contribution in [-0.2, 0) is 24.0 Å². The van der Waals surface area contributed by atoms with Crippen molar-refractivity contribution < 1.29 is 24.0 Å². The minimum Gasteiger partial charge on any atom is -0.330 e. The maximum absolute atomic E-state index is 12.1. The van der Waals surface area contributed by atoms with Gasteiger partial charge in [-0.25, -0.2) is 4.79 Å². The standard InChI is InChI=1S/C28H41N5O5/c1-5-20(2)23(17-30-24-11-9-22(10-12-24)18-32-21(3)8-13-25(32)34)19-31(29-4)16-6-7-28(37)38-33-26(35)14-15-27(33)36/h8,13,19-20,22,24,30H,3-7,9-12,14-18H2,1-2H3/b23-19-/t20-,22?,24?/m1/s1. The van der Waals surface area contributed by atoms with Gasteiger partial charge in [0.2, 0.25) is 0 Å². The SMILES string of the molecule is C=NN(/C=C(/CNC1CCC(CN2C(=C)C=CC2=O)CC1)[C@H](C)CC)CCCC(=O)ON1C(=O)CCC1=O. The second-order valence-electron chi connectivity index (χ2n) is 10.3. The van der Waals surface area contributed by atoms with Crippen molar-refractivity contribution >= 4 is 30.4 Å². The molecule has 1 aliphatic carbocycles. The van der Waals surface area contributed by atoms with E-state index in [2.05, 4.69) is 37.6 Å². The van der Waals surface area contributed by atoms with Crippen molar-refractivity contribution in [2.24, 2.45) is 16.9 Å². The molecule has 1 saturated carbocycles. The Hall–Kier alpha value is -3.27. The fourth-order valence-corrected chi connectivity index (χ4v) is 4.93. The van der Waals surface area contributed by atoms with Gasteiger partial charge in [0.15, 0.2) is 0 Å². The van der Waals surface area contributed by atoms with Crippen molar-refractivity contribution in [3.05, 3.63) is 36.2 Å². The molecule has 3 rings (SSSR count). The summed E-state index contributed by atoms with van der Waals surface area (Å²) >= 11 is 0. The largest absolute Gasteiger partial charge is 0.333 e. The van der Waals surface area contributed by atoms with Gasteiger partial charge in [-0.15, -0.1) is 5.06 Å². The Morgan fingerprint density at radius 2 is 1.89 bits per heavy atom. The van der Waals surface area contributed by atoms with Crippen molar-refractivity contribution in [3.63, 3.8) is 0 Å². The number of carbonyl (C=O) groups excluding carboxylic acids is 4. The Labute approximate surface area is 225 Å². The van der Waals surface area contributed by atoms with Gasteiger partial charge in [-0.05, 0) is 62.0 Å². The Balaban J connectivity index is 1.43. The highest BCUT2D eigenvalue weighted by atomic mass is 16.7. The van der Waals surface area contributed by atoms with Gasteiger partial charge < -0.3 is 15.1 Å². The van der Waals surface area contributed by atoms with E-state index in [1.807, 2.05) is 6.20 Å². The quantitative estimate of drug-likeness (QED) is 0.210. The molecular formula is C28H41N5O5. The van der Waals surface area contributed by atoms with E-state index in [-0.39, 0.29) is 25.2 Å². The average molecular weight is 528 g/mol. The highest BCUT2D eigenvalue weighted by molar-refractivity contribution is 6.01. The fourth-order valence-electron chi connectivity index (χ4n) is 4.93. The smallest absolute Gasteiger partial charge is 0.330 e. The number of rotatable bonds is 14. The number of nitrogens with one attached hydrogen (secondary N) is 1. The molecule has 208 valence electrons. The van der Waals surface area contributed by atoms with Crippen molar-refractivity contribution in [1.29, 1.82) is 0 Å². The van der Waals surface area contributed by atoms with Gasteiger partial charge in [-0.1, -0.05) is 20.4 Å². The first-order valence-corrected chi connectivity index (χ1v) is 13.6. The molecule has 10 heteroatoms. The molecule has 0 spiro atoms. The van der Waals surface area contributed by atoms with Crippen LogP contribution in [0.5, 0.6) is 0 Å². The number of allylic oxidation sites excluding steroid dienone is 1. The van der Waals surface area contributed by atoms with E-state index < -0.39 is 17.8 Å². The van der Waals surface area contributed by atoms with E-state index in [0.29, 0.717) is 35.9 Å². The lowest BCUT2D eigenvalue weighted by molar-refractivity contribution is -0.197. The molecule has 0 aromatic heterocycles. The van der Waals surface area contributed by atoms with E-state index in [9.17, 15) is 19.2 Å². The predicted octanol–water partition coefficient (Wildman–Crippen LogP) is 3.28. The summed E-state index contributed by atoms with van der Waals surface area (Å²) in [7, 11) is 0. The van der Waals surface area contributed by atoms with Crippen LogP contribution in [0.1, 0.15) is 71.6 Å². The van der Waals surface area contributed by atoms with E-state index >= 15 is 0 Å². The summed E-state index contributed by atoms with van der Waals surface area (Å²) in [6.45, 7) is 13.9. The summed E-state index contributed by atoms with van der Waals surface area (Å²) in [5, 5.41) is 10.1. The molecule has 0 radical (unpaired) electrons. The molecule has 2 fully saturated rings. The first-order valence-electron chi connectivity index (χ1n) is 13.6. The summed E-state index contributed by atoms with van der Waals surface area (Å²) < 4.78 is 0. The van der Waals surface area contributed by atoms with Crippen LogP contribution in [0.2, 0.25) is 0 Å². The van der Waals surface area contributed by atoms with Crippen LogP contribution < -0.4 is 5.32 Å². The molecule has 1 saturated heterocycles. The number of hydrogen-bond acceptors (Lipinski definition) is 8. The highest BCUT2D eigenvalue weighted by Crippen LogP contribution is 2.28. The van der Waals surface area contributed by atoms with Gasteiger partial charge in [0.1, 0.15) is 0 Å². The second kappa shape index (κ2) is 14.0. The number of nitrogens with zero attached hydrogens (tertiary/aromatic N) is 4. The molecule has 2 heterocycles. The summed E-state index contributed by atoms with van der Waals surface area (Å²) in [5.74, 6) is -0.704. The molecular weight excluding hydrogens is 486 g/mol. The zero-order chi connectivity index (χ0) is 27.7. The Kier molecular flexibility index (Phi) is 10.8. The van der Waals surface area contributed by atoms with E-state index in [1.165, 1.54) is 5.57 Å². The molecule has 0 unspecified atom stereocenters.